The zero-order valence-corrected chi connectivity index (χ0v) is 20.9. The van der Waals surface area contributed by atoms with Gasteiger partial charge in [0.05, 0.1) is 37.3 Å². The topological polar surface area (TPSA) is 72.9 Å². The molecule has 1 unspecified atom stereocenters. The number of nitrogens with zero attached hydrogens (tertiary/aromatic N) is 1. The Hall–Kier alpha value is -3.19. The first-order valence-electron chi connectivity index (χ1n) is 11.6. The minimum absolute atomic E-state index is 0.00783. The standard InChI is InChI=1S/C27H29ClFNO5/c1-4-34-23(31)14-15-27(3)22(16-24(32)35-5-2)25(19-8-12-21(29)13-9-19)30(26(27)33)17-18-6-10-20(28)11-7-18/h6-13H,4-5,14-17H2,1-3H3. The first-order chi connectivity index (χ1) is 16.7. The summed E-state index contributed by atoms with van der Waals surface area (Å²) in [4.78, 5) is 40.3. The lowest BCUT2D eigenvalue weighted by molar-refractivity contribution is -0.144. The van der Waals surface area contributed by atoms with Crippen molar-refractivity contribution in [3.8, 4) is 0 Å². The van der Waals surface area contributed by atoms with Gasteiger partial charge in [-0.25, -0.2) is 4.39 Å². The van der Waals surface area contributed by atoms with E-state index in [0.717, 1.165) is 5.56 Å². The predicted octanol–water partition coefficient (Wildman–Crippen LogP) is 5.54. The van der Waals surface area contributed by atoms with Crippen molar-refractivity contribution >= 4 is 35.1 Å². The average molecular weight is 502 g/mol. The first-order valence-corrected chi connectivity index (χ1v) is 11.9. The second-order valence-corrected chi connectivity index (χ2v) is 8.91. The summed E-state index contributed by atoms with van der Waals surface area (Å²) in [6, 6.07) is 12.9. The van der Waals surface area contributed by atoms with E-state index in [-0.39, 0.29) is 44.9 Å². The summed E-state index contributed by atoms with van der Waals surface area (Å²) in [5, 5.41) is 0.568. The van der Waals surface area contributed by atoms with E-state index in [1.54, 1.807) is 49.9 Å². The van der Waals surface area contributed by atoms with Gasteiger partial charge in [0.2, 0.25) is 5.91 Å². The molecule has 0 saturated carbocycles. The molecule has 1 atom stereocenters. The lowest BCUT2D eigenvalue weighted by Crippen LogP contribution is -2.35. The molecule has 1 aliphatic rings. The number of rotatable bonds is 10. The molecule has 1 aliphatic heterocycles. The molecule has 0 spiro atoms. The van der Waals surface area contributed by atoms with Crippen LogP contribution in [-0.4, -0.2) is 36.0 Å². The van der Waals surface area contributed by atoms with E-state index in [1.165, 1.54) is 12.1 Å². The maximum Gasteiger partial charge on any atom is 0.310 e. The van der Waals surface area contributed by atoms with Crippen molar-refractivity contribution in [2.75, 3.05) is 13.2 Å². The van der Waals surface area contributed by atoms with E-state index in [2.05, 4.69) is 0 Å². The van der Waals surface area contributed by atoms with Gasteiger partial charge in [0.25, 0.3) is 0 Å². The molecule has 0 bridgehead atoms. The van der Waals surface area contributed by atoms with Gasteiger partial charge in [0, 0.05) is 11.4 Å². The van der Waals surface area contributed by atoms with Crippen LogP contribution in [0.5, 0.6) is 0 Å². The minimum atomic E-state index is -1.16. The predicted molar refractivity (Wildman–Crippen MR) is 131 cm³/mol. The number of esters is 2. The summed E-state index contributed by atoms with van der Waals surface area (Å²) in [6.45, 7) is 5.80. The molecule has 1 amide bonds. The number of carbonyl (C=O) groups is 3. The second kappa shape index (κ2) is 11.5. The molecule has 0 N–H and O–H groups in total. The number of hydrogen-bond donors (Lipinski definition) is 0. The van der Waals surface area contributed by atoms with Crippen LogP contribution in [0.3, 0.4) is 0 Å². The molecule has 8 heteroatoms. The van der Waals surface area contributed by atoms with Crippen LogP contribution in [0, 0.1) is 11.2 Å². The van der Waals surface area contributed by atoms with Gasteiger partial charge in [-0.15, -0.1) is 0 Å². The molecule has 2 aromatic carbocycles. The van der Waals surface area contributed by atoms with Crippen LogP contribution in [0.15, 0.2) is 54.1 Å². The number of benzene rings is 2. The highest BCUT2D eigenvalue weighted by atomic mass is 35.5. The molecule has 6 nitrogen and oxygen atoms in total. The van der Waals surface area contributed by atoms with Crippen molar-refractivity contribution in [1.29, 1.82) is 0 Å². The van der Waals surface area contributed by atoms with E-state index in [0.29, 0.717) is 21.9 Å². The summed E-state index contributed by atoms with van der Waals surface area (Å²) in [6.07, 6.45) is 0.0256. The fraction of sp³-hybridized carbons (Fsp3) is 0.370. The highest BCUT2D eigenvalue weighted by molar-refractivity contribution is 6.30. The number of hydrogen-bond acceptors (Lipinski definition) is 5. The summed E-state index contributed by atoms with van der Waals surface area (Å²) in [5.41, 5.74) is 1.31. The molecular weight excluding hydrogens is 473 g/mol. The number of amides is 1. The van der Waals surface area contributed by atoms with Gasteiger partial charge < -0.3 is 14.4 Å². The Morgan fingerprint density at radius 1 is 0.971 bits per heavy atom. The van der Waals surface area contributed by atoms with Gasteiger partial charge >= 0.3 is 11.9 Å². The maximum absolute atomic E-state index is 13.9. The molecular formula is C27H29ClFNO5. The molecule has 0 aliphatic carbocycles. The first kappa shape index (κ1) is 26.4. The molecule has 3 rings (SSSR count). The normalized spacial score (nSPS) is 17.6. The Bertz CT molecular complexity index is 1110. The van der Waals surface area contributed by atoms with Crippen LogP contribution < -0.4 is 0 Å². The number of carbonyl (C=O) groups excluding carboxylic acids is 3. The fourth-order valence-electron chi connectivity index (χ4n) is 4.29. The molecule has 35 heavy (non-hydrogen) atoms. The van der Waals surface area contributed by atoms with Gasteiger partial charge in [0.1, 0.15) is 5.82 Å². The maximum atomic E-state index is 13.9. The van der Waals surface area contributed by atoms with E-state index in [4.69, 9.17) is 21.1 Å². The summed E-state index contributed by atoms with van der Waals surface area (Å²) in [5.74, 6) is -1.57. The SMILES string of the molecule is CCOC(=O)CCC1(C)C(=O)N(Cc2ccc(Cl)cc2)C(c2ccc(F)cc2)=C1CC(=O)OCC. The Kier molecular flexibility index (Phi) is 8.67. The van der Waals surface area contributed by atoms with Crippen molar-refractivity contribution in [1.82, 2.24) is 4.90 Å². The van der Waals surface area contributed by atoms with Crippen molar-refractivity contribution in [3.05, 3.63) is 76.1 Å². The van der Waals surface area contributed by atoms with E-state index in [1.807, 2.05) is 12.1 Å². The number of ether oxygens (including phenoxy) is 2. The van der Waals surface area contributed by atoms with Gasteiger partial charge in [-0.2, -0.15) is 0 Å². The van der Waals surface area contributed by atoms with Gasteiger partial charge in [-0.05, 0) is 80.3 Å². The summed E-state index contributed by atoms with van der Waals surface area (Å²) >= 11 is 6.03. The zero-order chi connectivity index (χ0) is 25.6. The molecule has 0 fully saturated rings. The second-order valence-electron chi connectivity index (χ2n) is 8.47. The zero-order valence-electron chi connectivity index (χ0n) is 20.1. The largest absolute Gasteiger partial charge is 0.466 e. The highest BCUT2D eigenvalue weighted by Crippen LogP contribution is 2.49. The average Bonchev–Trinajstić information content (AvgIpc) is 3.02. The van der Waals surface area contributed by atoms with Crippen molar-refractivity contribution < 1.29 is 28.2 Å². The third-order valence-corrected chi connectivity index (χ3v) is 6.32. The lowest BCUT2D eigenvalue weighted by atomic mass is 9.77. The minimum Gasteiger partial charge on any atom is -0.466 e. The third kappa shape index (κ3) is 6.09. The molecule has 186 valence electrons. The Labute approximate surface area is 209 Å². The van der Waals surface area contributed by atoms with E-state index in [9.17, 15) is 18.8 Å². The Balaban J connectivity index is 2.13. The molecule has 0 saturated heterocycles. The van der Waals surface area contributed by atoms with Crippen LogP contribution >= 0.6 is 11.6 Å². The quantitative estimate of drug-likeness (QED) is 0.400. The van der Waals surface area contributed by atoms with Crippen molar-refractivity contribution in [3.63, 3.8) is 0 Å². The molecule has 0 radical (unpaired) electrons. The van der Waals surface area contributed by atoms with Crippen LogP contribution in [0.4, 0.5) is 4.39 Å². The smallest absolute Gasteiger partial charge is 0.310 e. The molecule has 0 aromatic heterocycles. The van der Waals surface area contributed by atoms with Gasteiger partial charge in [-0.3, -0.25) is 14.4 Å². The Morgan fingerprint density at radius 2 is 1.57 bits per heavy atom. The van der Waals surface area contributed by atoms with Crippen molar-refractivity contribution in [2.24, 2.45) is 5.41 Å². The van der Waals surface area contributed by atoms with E-state index < -0.39 is 23.2 Å². The van der Waals surface area contributed by atoms with Crippen LogP contribution in [-0.2, 0) is 30.4 Å². The fourth-order valence-corrected chi connectivity index (χ4v) is 4.42. The van der Waals surface area contributed by atoms with Crippen molar-refractivity contribution in [2.45, 2.75) is 46.6 Å². The number of halogens is 2. The Morgan fingerprint density at radius 3 is 2.17 bits per heavy atom. The van der Waals surface area contributed by atoms with E-state index >= 15 is 0 Å². The summed E-state index contributed by atoms with van der Waals surface area (Å²) in [7, 11) is 0. The van der Waals surface area contributed by atoms with Gasteiger partial charge in [-0.1, -0.05) is 23.7 Å². The van der Waals surface area contributed by atoms with Crippen LogP contribution in [0.2, 0.25) is 5.02 Å². The monoisotopic (exact) mass is 501 g/mol. The third-order valence-electron chi connectivity index (χ3n) is 6.07. The van der Waals surface area contributed by atoms with Crippen LogP contribution in [0.25, 0.3) is 5.70 Å². The lowest BCUT2D eigenvalue weighted by Gasteiger charge is -2.27. The van der Waals surface area contributed by atoms with Crippen LogP contribution in [0.1, 0.15) is 51.2 Å². The molecule has 2 aromatic rings. The molecule has 1 heterocycles. The summed E-state index contributed by atoms with van der Waals surface area (Å²) < 4.78 is 24.0. The van der Waals surface area contributed by atoms with Gasteiger partial charge in [0.15, 0.2) is 0 Å². The highest BCUT2D eigenvalue weighted by Gasteiger charge is 2.50.